The van der Waals surface area contributed by atoms with Crippen LogP contribution in [0, 0.1) is 0 Å². The van der Waals surface area contributed by atoms with E-state index >= 15 is 0 Å². The van der Waals surface area contributed by atoms with E-state index in [4.69, 9.17) is 28.2 Å². The Morgan fingerprint density at radius 1 is 0.875 bits per heavy atom. The molecule has 0 bridgehead atoms. The van der Waals surface area contributed by atoms with Crippen molar-refractivity contribution in [2.45, 2.75) is 10.9 Å². The summed E-state index contributed by atoms with van der Waals surface area (Å²) in [6.45, 7) is 0. The highest BCUT2D eigenvalue weighted by Gasteiger charge is 2.18. The lowest BCUT2D eigenvalue weighted by molar-refractivity contribution is 0.822. The number of aromatic nitrogens is 2. The van der Waals surface area contributed by atoms with Crippen molar-refractivity contribution in [1.82, 2.24) is 9.55 Å². The first-order chi connectivity index (χ1) is 15.6. The quantitative estimate of drug-likeness (QED) is 0.185. The molecule has 0 aliphatic carbocycles. The number of benzene rings is 3. The van der Waals surface area contributed by atoms with Crippen molar-refractivity contribution in [2.24, 2.45) is 0 Å². The molecule has 0 aliphatic rings. The average Bonchev–Trinajstić information content (AvgIpc) is 3.24. The summed E-state index contributed by atoms with van der Waals surface area (Å²) in [5.41, 5.74) is 3.64. The molecule has 0 saturated carbocycles. The van der Waals surface area contributed by atoms with Gasteiger partial charge in [0.25, 0.3) is 5.56 Å². The summed E-state index contributed by atoms with van der Waals surface area (Å²) in [6, 6.07) is 24.9. The molecule has 3 aromatic carbocycles. The molecule has 158 valence electrons. The number of rotatable bonds is 5. The molecule has 0 N–H and O–H groups in total. The Labute approximate surface area is 203 Å². The molecular weight excluding hydrogens is 479 g/mol. The topological polar surface area (TPSA) is 34.9 Å². The summed E-state index contributed by atoms with van der Waals surface area (Å²) in [5, 5.41) is 4.64. The predicted molar refractivity (Wildman–Crippen MR) is 137 cm³/mol. The van der Waals surface area contributed by atoms with E-state index in [1.807, 2.05) is 84.2 Å². The van der Waals surface area contributed by atoms with Crippen molar-refractivity contribution in [2.75, 3.05) is 0 Å². The van der Waals surface area contributed by atoms with Crippen LogP contribution in [0.3, 0.4) is 0 Å². The van der Waals surface area contributed by atoms with Crippen LogP contribution in [0.5, 0.6) is 0 Å². The molecule has 7 heteroatoms. The van der Waals surface area contributed by atoms with Gasteiger partial charge in [-0.2, -0.15) is 0 Å². The van der Waals surface area contributed by atoms with Gasteiger partial charge >= 0.3 is 0 Å². The minimum atomic E-state index is -0.0778. The van der Waals surface area contributed by atoms with Gasteiger partial charge in [-0.05, 0) is 47.5 Å². The highest BCUT2D eigenvalue weighted by molar-refractivity contribution is 7.98. The normalized spacial score (nSPS) is 11.2. The molecule has 0 saturated heterocycles. The second-order valence-corrected chi connectivity index (χ2v) is 9.80. The summed E-state index contributed by atoms with van der Waals surface area (Å²) >= 11 is 15.1. The average molecular weight is 495 g/mol. The van der Waals surface area contributed by atoms with Gasteiger partial charge in [-0.3, -0.25) is 9.36 Å². The molecule has 0 unspecified atom stereocenters. The van der Waals surface area contributed by atoms with Crippen molar-refractivity contribution in [1.29, 1.82) is 0 Å². The van der Waals surface area contributed by atoms with E-state index in [-0.39, 0.29) is 5.56 Å². The van der Waals surface area contributed by atoms with Gasteiger partial charge in [0.15, 0.2) is 5.16 Å². The zero-order valence-electron chi connectivity index (χ0n) is 16.7. The number of para-hydroxylation sites is 1. The summed E-state index contributed by atoms with van der Waals surface area (Å²) in [6.07, 6.45) is 0. The Hall–Kier alpha value is -2.57. The third-order valence-corrected chi connectivity index (χ3v) is 7.41. The fraction of sp³-hybridized carbons (Fsp3) is 0.0400. The Balaban J connectivity index is 1.65. The van der Waals surface area contributed by atoms with Crippen LogP contribution < -0.4 is 5.56 Å². The number of fused-ring (bicyclic) bond motifs is 1. The first-order valence-electron chi connectivity index (χ1n) is 9.83. The number of hydrogen-bond acceptors (Lipinski definition) is 4. The van der Waals surface area contributed by atoms with E-state index < -0.39 is 0 Å². The summed E-state index contributed by atoms with van der Waals surface area (Å²) in [5.74, 6) is 0.678. The van der Waals surface area contributed by atoms with E-state index in [1.165, 1.54) is 23.1 Å². The van der Waals surface area contributed by atoms with E-state index in [0.29, 0.717) is 26.3 Å². The SMILES string of the molecule is O=c1c2c(-c3ccc(Cl)cc3)csc2nc(SCc2ccc(Cl)cc2)n1-c1ccccc1. The van der Waals surface area contributed by atoms with Gasteiger partial charge < -0.3 is 0 Å². The maximum atomic E-state index is 13.8. The minimum absolute atomic E-state index is 0.0778. The highest BCUT2D eigenvalue weighted by Crippen LogP contribution is 2.34. The number of thioether (sulfide) groups is 1. The lowest BCUT2D eigenvalue weighted by atomic mass is 10.1. The van der Waals surface area contributed by atoms with Gasteiger partial charge in [-0.25, -0.2) is 4.98 Å². The van der Waals surface area contributed by atoms with Gasteiger partial charge in [0.1, 0.15) is 4.83 Å². The number of thiophene rings is 1. The van der Waals surface area contributed by atoms with Gasteiger partial charge in [0.05, 0.1) is 11.1 Å². The first kappa shape index (κ1) is 21.3. The molecule has 0 atom stereocenters. The van der Waals surface area contributed by atoms with E-state index in [1.54, 1.807) is 4.57 Å². The molecule has 3 nitrogen and oxygen atoms in total. The summed E-state index contributed by atoms with van der Waals surface area (Å²) < 4.78 is 1.70. The first-order valence-corrected chi connectivity index (χ1v) is 12.4. The number of nitrogens with zero attached hydrogens (tertiary/aromatic N) is 2. The van der Waals surface area contributed by atoms with E-state index in [2.05, 4.69) is 0 Å². The number of hydrogen-bond donors (Lipinski definition) is 0. The fourth-order valence-corrected chi connectivity index (χ4v) is 5.65. The van der Waals surface area contributed by atoms with Crippen molar-refractivity contribution >= 4 is 56.5 Å². The van der Waals surface area contributed by atoms with E-state index in [0.717, 1.165) is 27.2 Å². The van der Waals surface area contributed by atoms with Crippen LogP contribution in [-0.2, 0) is 5.75 Å². The van der Waals surface area contributed by atoms with Crippen molar-refractivity contribution in [3.05, 3.63) is 110 Å². The second kappa shape index (κ2) is 9.12. The second-order valence-electron chi connectivity index (χ2n) is 7.12. The zero-order chi connectivity index (χ0) is 22.1. The Kier molecular flexibility index (Phi) is 6.07. The molecule has 32 heavy (non-hydrogen) atoms. The minimum Gasteiger partial charge on any atom is -0.268 e. The largest absolute Gasteiger partial charge is 0.268 e. The molecule has 2 aromatic heterocycles. The third kappa shape index (κ3) is 4.21. The maximum Gasteiger partial charge on any atom is 0.268 e. The summed E-state index contributed by atoms with van der Waals surface area (Å²) in [4.78, 5) is 19.4. The van der Waals surface area contributed by atoms with Crippen LogP contribution in [0.15, 0.2) is 94.2 Å². The van der Waals surface area contributed by atoms with Gasteiger partial charge in [0.2, 0.25) is 0 Å². The monoisotopic (exact) mass is 494 g/mol. The molecule has 2 heterocycles. The molecule has 0 spiro atoms. The molecule has 0 aliphatic heterocycles. The third-order valence-electron chi connectivity index (χ3n) is 5.03. The van der Waals surface area contributed by atoms with Crippen LogP contribution in [-0.4, -0.2) is 9.55 Å². The molecule has 0 amide bonds. The van der Waals surface area contributed by atoms with E-state index in [9.17, 15) is 4.79 Å². The van der Waals surface area contributed by atoms with Crippen molar-refractivity contribution in [3.8, 4) is 16.8 Å². The van der Waals surface area contributed by atoms with Gasteiger partial charge in [-0.15, -0.1) is 11.3 Å². The van der Waals surface area contributed by atoms with Crippen LogP contribution in [0.25, 0.3) is 27.0 Å². The fourth-order valence-electron chi connectivity index (χ4n) is 3.44. The van der Waals surface area contributed by atoms with Crippen LogP contribution in [0.2, 0.25) is 10.0 Å². The van der Waals surface area contributed by atoms with Crippen LogP contribution in [0.4, 0.5) is 0 Å². The standard InChI is InChI=1S/C25H16Cl2N2OS2/c26-18-10-6-16(7-11-18)14-32-25-28-23-22(24(30)29(25)20-4-2-1-3-5-20)21(15-31-23)17-8-12-19(27)13-9-17/h1-13,15H,14H2. The van der Waals surface area contributed by atoms with Crippen LogP contribution >= 0.6 is 46.3 Å². The van der Waals surface area contributed by atoms with Gasteiger partial charge in [-0.1, -0.05) is 77.4 Å². The Morgan fingerprint density at radius 3 is 2.22 bits per heavy atom. The molecule has 5 rings (SSSR count). The van der Waals surface area contributed by atoms with Crippen molar-refractivity contribution in [3.63, 3.8) is 0 Å². The lowest BCUT2D eigenvalue weighted by Gasteiger charge is -2.13. The highest BCUT2D eigenvalue weighted by atomic mass is 35.5. The van der Waals surface area contributed by atoms with Gasteiger partial charge in [0, 0.05) is 26.7 Å². The smallest absolute Gasteiger partial charge is 0.268 e. The predicted octanol–water partition coefficient (Wildman–Crippen LogP) is 7.71. The lowest BCUT2D eigenvalue weighted by Crippen LogP contribution is -2.21. The van der Waals surface area contributed by atoms with Crippen molar-refractivity contribution < 1.29 is 0 Å². The number of halogens is 2. The Bertz CT molecular complexity index is 1440. The Morgan fingerprint density at radius 2 is 1.53 bits per heavy atom. The molecule has 0 fully saturated rings. The molecule has 5 aromatic rings. The van der Waals surface area contributed by atoms with Crippen LogP contribution in [0.1, 0.15) is 5.56 Å². The summed E-state index contributed by atoms with van der Waals surface area (Å²) in [7, 11) is 0. The zero-order valence-corrected chi connectivity index (χ0v) is 19.8. The molecular formula is C25H16Cl2N2OS2. The molecule has 0 radical (unpaired) electrons. The maximum absolute atomic E-state index is 13.8.